The number of hydrogen-bond donors (Lipinski definition) is 1. The third-order valence-electron chi connectivity index (χ3n) is 1.46. The Kier molecular flexibility index (Phi) is 3.54. The fourth-order valence-corrected chi connectivity index (χ4v) is 1.03. The predicted molar refractivity (Wildman–Crippen MR) is 54.1 cm³/mol. The molecule has 0 saturated carbocycles. The van der Waals surface area contributed by atoms with Gasteiger partial charge in [-0.25, -0.2) is 4.79 Å². The number of aliphatic carboxylic acids is 1. The SMILES string of the molecule is CC(=C/C(=O)O)/C=C/c1ccc(Cl)o1. The number of halogens is 1. The van der Waals surface area contributed by atoms with Gasteiger partial charge in [-0.05, 0) is 42.3 Å². The van der Waals surface area contributed by atoms with E-state index in [0.717, 1.165) is 6.08 Å². The number of carbonyl (C=O) groups is 1. The van der Waals surface area contributed by atoms with Gasteiger partial charge in [-0.15, -0.1) is 0 Å². The van der Waals surface area contributed by atoms with Gasteiger partial charge in [-0.2, -0.15) is 0 Å². The van der Waals surface area contributed by atoms with E-state index in [1.165, 1.54) is 0 Å². The van der Waals surface area contributed by atoms with Crippen molar-refractivity contribution in [3.63, 3.8) is 0 Å². The summed E-state index contributed by atoms with van der Waals surface area (Å²) in [4.78, 5) is 10.3. The maximum atomic E-state index is 10.3. The van der Waals surface area contributed by atoms with Crippen molar-refractivity contribution in [3.05, 3.63) is 40.8 Å². The van der Waals surface area contributed by atoms with Gasteiger partial charge in [0, 0.05) is 6.08 Å². The van der Waals surface area contributed by atoms with Crippen LogP contribution in [0.15, 0.2) is 34.3 Å². The number of hydrogen-bond acceptors (Lipinski definition) is 2. The Morgan fingerprint density at radius 3 is 2.79 bits per heavy atom. The highest BCUT2D eigenvalue weighted by atomic mass is 35.5. The number of carboxylic acids is 1. The van der Waals surface area contributed by atoms with E-state index in [2.05, 4.69) is 0 Å². The normalized spacial score (nSPS) is 12.3. The highest BCUT2D eigenvalue weighted by Gasteiger charge is 1.94. The molecular formula is C10H9ClO3. The quantitative estimate of drug-likeness (QED) is 0.619. The van der Waals surface area contributed by atoms with E-state index in [1.807, 2.05) is 0 Å². The molecule has 0 spiro atoms. The molecule has 4 heteroatoms. The first-order valence-electron chi connectivity index (χ1n) is 3.92. The third-order valence-corrected chi connectivity index (χ3v) is 1.66. The van der Waals surface area contributed by atoms with Crippen LogP contribution in [0, 0.1) is 0 Å². The average Bonchev–Trinajstić information content (AvgIpc) is 2.47. The lowest BCUT2D eigenvalue weighted by Crippen LogP contribution is -1.87. The molecule has 0 aliphatic carbocycles. The minimum Gasteiger partial charge on any atom is -0.478 e. The van der Waals surface area contributed by atoms with E-state index in [9.17, 15) is 4.79 Å². The summed E-state index contributed by atoms with van der Waals surface area (Å²) >= 11 is 5.55. The van der Waals surface area contributed by atoms with E-state index in [1.54, 1.807) is 31.2 Å². The lowest BCUT2D eigenvalue weighted by Gasteiger charge is -1.88. The maximum Gasteiger partial charge on any atom is 0.328 e. The number of rotatable bonds is 3. The minimum atomic E-state index is -0.968. The summed E-state index contributed by atoms with van der Waals surface area (Å²) in [6.45, 7) is 1.69. The Morgan fingerprint density at radius 2 is 2.29 bits per heavy atom. The highest BCUT2D eigenvalue weighted by molar-refractivity contribution is 6.28. The summed E-state index contributed by atoms with van der Waals surface area (Å²) in [5, 5.41) is 8.74. The second-order valence-electron chi connectivity index (χ2n) is 2.70. The van der Waals surface area contributed by atoms with Crippen LogP contribution in [0.1, 0.15) is 12.7 Å². The smallest absolute Gasteiger partial charge is 0.328 e. The fraction of sp³-hybridized carbons (Fsp3) is 0.100. The second kappa shape index (κ2) is 4.67. The summed E-state index contributed by atoms with van der Waals surface area (Å²) in [6.07, 6.45) is 4.41. The molecule has 1 aromatic rings. The Bertz CT molecular complexity index is 388. The molecule has 1 heterocycles. The van der Waals surface area contributed by atoms with E-state index in [0.29, 0.717) is 16.6 Å². The Morgan fingerprint density at radius 1 is 1.57 bits per heavy atom. The van der Waals surface area contributed by atoms with Crippen molar-refractivity contribution in [2.24, 2.45) is 0 Å². The van der Waals surface area contributed by atoms with Crippen LogP contribution in [0.25, 0.3) is 6.08 Å². The molecule has 0 saturated heterocycles. The fourth-order valence-electron chi connectivity index (χ4n) is 0.874. The van der Waals surface area contributed by atoms with Gasteiger partial charge in [0.25, 0.3) is 0 Å². The van der Waals surface area contributed by atoms with Crippen LogP contribution in [0.4, 0.5) is 0 Å². The van der Waals surface area contributed by atoms with Crippen molar-refractivity contribution in [1.82, 2.24) is 0 Å². The molecule has 1 rings (SSSR count). The standard InChI is InChI=1S/C10H9ClO3/c1-7(6-10(12)13)2-3-8-4-5-9(11)14-8/h2-6H,1H3,(H,12,13)/b3-2+,7-6-. The van der Waals surface area contributed by atoms with Crippen LogP contribution < -0.4 is 0 Å². The summed E-state index contributed by atoms with van der Waals surface area (Å²) in [7, 11) is 0. The van der Waals surface area contributed by atoms with Crippen LogP contribution in [-0.2, 0) is 4.79 Å². The third kappa shape index (κ3) is 3.49. The molecule has 0 aromatic carbocycles. The zero-order valence-electron chi connectivity index (χ0n) is 7.53. The molecule has 0 aliphatic heterocycles. The molecule has 1 aromatic heterocycles. The Balaban J connectivity index is 2.69. The predicted octanol–water partition coefficient (Wildman–Crippen LogP) is 2.98. The summed E-state index contributed by atoms with van der Waals surface area (Å²) in [6, 6.07) is 3.32. The molecule has 0 aliphatic rings. The van der Waals surface area contributed by atoms with Gasteiger partial charge in [0.05, 0.1) is 0 Å². The zero-order chi connectivity index (χ0) is 10.6. The number of carboxylic acid groups (broad SMARTS) is 1. The molecule has 1 N–H and O–H groups in total. The van der Waals surface area contributed by atoms with E-state index in [-0.39, 0.29) is 0 Å². The van der Waals surface area contributed by atoms with E-state index >= 15 is 0 Å². The Labute approximate surface area is 86.3 Å². The lowest BCUT2D eigenvalue weighted by molar-refractivity contribution is -0.131. The van der Waals surface area contributed by atoms with E-state index < -0.39 is 5.97 Å². The van der Waals surface area contributed by atoms with Crippen LogP contribution >= 0.6 is 11.6 Å². The average molecular weight is 213 g/mol. The van der Waals surface area contributed by atoms with Gasteiger partial charge < -0.3 is 9.52 Å². The van der Waals surface area contributed by atoms with Crippen molar-refractivity contribution in [3.8, 4) is 0 Å². The molecule has 0 amide bonds. The molecule has 0 radical (unpaired) electrons. The van der Waals surface area contributed by atoms with Gasteiger partial charge >= 0.3 is 5.97 Å². The van der Waals surface area contributed by atoms with Gasteiger partial charge in [-0.3, -0.25) is 0 Å². The zero-order valence-corrected chi connectivity index (χ0v) is 8.28. The van der Waals surface area contributed by atoms with Crippen molar-refractivity contribution < 1.29 is 14.3 Å². The first-order valence-corrected chi connectivity index (χ1v) is 4.30. The maximum absolute atomic E-state index is 10.3. The molecule has 0 fully saturated rings. The molecule has 3 nitrogen and oxygen atoms in total. The highest BCUT2D eigenvalue weighted by Crippen LogP contribution is 2.14. The Hall–Kier alpha value is -1.48. The summed E-state index contributed by atoms with van der Waals surface area (Å²) in [5.74, 6) is -0.377. The van der Waals surface area contributed by atoms with Gasteiger partial charge in [0.2, 0.25) is 0 Å². The van der Waals surface area contributed by atoms with Gasteiger partial charge in [-0.1, -0.05) is 6.08 Å². The first kappa shape index (κ1) is 10.6. The van der Waals surface area contributed by atoms with Gasteiger partial charge in [0.1, 0.15) is 5.76 Å². The van der Waals surface area contributed by atoms with E-state index in [4.69, 9.17) is 21.1 Å². The van der Waals surface area contributed by atoms with Crippen LogP contribution in [0.5, 0.6) is 0 Å². The number of allylic oxidation sites excluding steroid dienone is 2. The van der Waals surface area contributed by atoms with Crippen LogP contribution in [-0.4, -0.2) is 11.1 Å². The van der Waals surface area contributed by atoms with Crippen molar-refractivity contribution in [2.45, 2.75) is 6.92 Å². The number of furan rings is 1. The lowest BCUT2D eigenvalue weighted by atomic mass is 10.2. The monoisotopic (exact) mass is 212 g/mol. The molecule has 0 bridgehead atoms. The summed E-state index contributed by atoms with van der Waals surface area (Å²) in [5.41, 5.74) is 0.630. The molecular weight excluding hydrogens is 204 g/mol. The largest absolute Gasteiger partial charge is 0.478 e. The van der Waals surface area contributed by atoms with Crippen molar-refractivity contribution >= 4 is 23.6 Å². The molecule has 0 atom stereocenters. The van der Waals surface area contributed by atoms with Crippen molar-refractivity contribution in [2.75, 3.05) is 0 Å². The molecule has 74 valence electrons. The minimum absolute atomic E-state index is 0.310. The first-order chi connectivity index (χ1) is 6.58. The van der Waals surface area contributed by atoms with Crippen LogP contribution in [0.2, 0.25) is 5.22 Å². The van der Waals surface area contributed by atoms with Crippen molar-refractivity contribution in [1.29, 1.82) is 0 Å². The molecule has 14 heavy (non-hydrogen) atoms. The second-order valence-corrected chi connectivity index (χ2v) is 3.07. The topological polar surface area (TPSA) is 50.4 Å². The van der Waals surface area contributed by atoms with Crippen LogP contribution in [0.3, 0.4) is 0 Å². The van der Waals surface area contributed by atoms with Gasteiger partial charge in [0.15, 0.2) is 5.22 Å². The molecule has 0 unspecified atom stereocenters. The summed E-state index contributed by atoms with van der Waals surface area (Å²) < 4.78 is 5.04.